The van der Waals surface area contributed by atoms with Gasteiger partial charge in [-0.05, 0) is 48.1 Å². The topological polar surface area (TPSA) is 36.4 Å². The lowest BCUT2D eigenvalue weighted by Gasteiger charge is -2.34. The fraction of sp³-hybridized carbons (Fsp3) is 0.417. The number of fused-ring (bicyclic) bond motifs is 1. The second-order valence-electron chi connectivity index (χ2n) is 8.29. The van der Waals surface area contributed by atoms with Gasteiger partial charge in [0, 0.05) is 26.2 Å². The number of rotatable bonds is 4. The average Bonchev–Trinajstić information content (AvgIpc) is 3.16. The standard InChI is InChI=1S/C24H29N3OS/c1-16(2)20-8-6-19(7-9-20)15-22(28)26-11-13-27(14-12-26)24-25-23-18(4)17(3)5-10-21(23)29-24/h5-10,16H,11-15H2,1-4H3. The molecule has 0 radical (unpaired) electrons. The van der Waals surface area contributed by atoms with Crippen LogP contribution in [-0.2, 0) is 11.2 Å². The lowest BCUT2D eigenvalue weighted by atomic mass is 10.0. The Morgan fingerprint density at radius 2 is 1.72 bits per heavy atom. The van der Waals surface area contributed by atoms with Crippen molar-refractivity contribution in [2.24, 2.45) is 0 Å². The van der Waals surface area contributed by atoms with Crippen LogP contribution in [0.4, 0.5) is 5.13 Å². The first kappa shape index (κ1) is 19.9. The fourth-order valence-corrected chi connectivity index (χ4v) is 4.88. The van der Waals surface area contributed by atoms with Gasteiger partial charge in [0.1, 0.15) is 0 Å². The number of benzene rings is 2. The number of anilines is 1. The summed E-state index contributed by atoms with van der Waals surface area (Å²) >= 11 is 1.75. The van der Waals surface area contributed by atoms with Crippen molar-refractivity contribution in [1.82, 2.24) is 9.88 Å². The molecule has 0 spiro atoms. The predicted molar refractivity (Wildman–Crippen MR) is 122 cm³/mol. The Bertz CT molecular complexity index is 1010. The van der Waals surface area contributed by atoms with Gasteiger partial charge in [-0.25, -0.2) is 4.98 Å². The summed E-state index contributed by atoms with van der Waals surface area (Å²) in [6.45, 7) is 11.9. The van der Waals surface area contributed by atoms with Gasteiger partial charge in [0.05, 0.1) is 16.6 Å². The molecule has 0 bridgehead atoms. The van der Waals surface area contributed by atoms with Crippen LogP contribution in [0.25, 0.3) is 10.2 Å². The molecule has 1 aromatic heterocycles. The van der Waals surface area contributed by atoms with Crippen molar-refractivity contribution < 1.29 is 4.79 Å². The lowest BCUT2D eigenvalue weighted by Crippen LogP contribution is -2.49. The molecule has 1 fully saturated rings. The molecule has 2 aromatic carbocycles. The van der Waals surface area contributed by atoms with E-state index in [4.69, 9.17) is 4.98 Å². The predicted octanol–water partition coefficient (Wildman–Crippen LogP) is 4.93. The van der Waals surface area contributed by atoms with Crippen LogP contribution in [0.2, 0.25) is 0 Å². The van der Waals surface area contributed by atoms with E-state index in [1.807, 2.05) is 4.90 Å². The highest BCUT2D eigenvalue weighted by Gasteiger charge is 2.23. The number of thiazole rings is 1. The molecule has 0 unspecified atom stereocenters. The smallest absolute Gasteiger partial charge is 0.227 e. The van der Waals surface area contributed by atoms with E-state index in [9.17, 15) is 4.79 Å². The van der Waals surface area contributed by atoms with E-state index in [1.54, 1.807) is 11.3 Å². The molecule has 5 heteroatoms. The molecule has 4 rings (SSSR count). The zero-order valence-corrected chi connectivity index (χ0v) is 18.6. The minimum atomic E-state index is 0.220. The van der Waals surface area contributed by atoms with Crippen LogP contribution < -0.4 is 4.90 Å². The van der Waals surface area contributed by atoms with Gasteiger partial charge in [-0.2, -0.15) is 0 Å². The summed E-state index contributed by atoms with van der Waals surface area (Å²) in [4.78, 5) is 22.0. The zero-order valence-electron chi connectivity index (χ0n) is 17.7. The number of aryl methyl sites for hydroxylation is 2. The molecule has 1 aliphatic rings. The van der Waals surface area contributed by atoms with Crippen LogP contribution in [0.1, 0.15) is 42.0 Å². The Balaban J connectivity index is 1.37. The third-order valence-electron chi connectivity index (χ3n) is 5.98. The molecule has 29 heavy (non-hydrogen) atoms. The van der Waals surface area contributed by atoms with Gasteiger partial charge in [0.25, 0.3) is 0 Å². The van der Waals surface area contributed by atoms with Crippen molar-refractivity contribution in [3.05, 3.63) is 58.7 Å². The first-order valence-electron chi connectivity index (χ1n) is 10.4. The molecule has 152 valence electrons. The molecule has 1 aliphatic heterocycles. The number of hydrogen-bond donors (Lipinski definition) is 0. The normalized spacial score (nSPS) is 14.8. The first-order valence-corrected chi connectivity index (χ1v) is 11.2. The van der Waals surface area contributed by atoms with Gasteiger partial charge in [0.15, 0.2) is 5.13 Å². The fourth-order valence-electron chi connectivity index (χ4n) is 3.80. The summed E-state index contributed by atoms with van der Waals surface area (Å²) in [6, 6.07) is 12.8. The van der Waals surface area contributed by atoms with Crippen molar-refractivity contribution in [3.63, 3.8) is 0 Å². The summed E-state index contributed by atoms with van der Waals surface area (Å²) in [6.07, 6.45) is 0.484. The maximum Gasteiger partial charge on any atom is 0.227 e. The quantitative estimate of drug-likeness (QED) is 0.615. The summed E-state index contributed by atoms with van der Waals surface area (Å²) < 4.78 is 1.24. The Kier molecular flexibility index (Phi) is 5.59. The number of amides is 1. The van der Waals surface area contributed by atoms with Crippen LogP contribution in [0.15, 0.2) is 36.4 Å². The van der Waals surface area contributed by atoms with Gasteiger partial charge in [-0.1, -0.05) is 55.5 Å². The van der Waals surface area contributed by atoms with Gasteiger partial charge >= 0.3 is 0 Å². The molecule has 2 heterocycles. The van der Waals surface area contributed by atoms with E-state index in [2.05, 4.69) is 69.0 Å². The minimum Gasteiger partial charge on any atom is -0.345 e. The zero-order chi connectivity index (χ0) is 20.5. The van der Waals surface area contributed by atoms with Crippen molar-refractivity contribution in [3.8, 4) is 0 Å². The third-order valence-corrected chi connectivity index (χ3v) is 7.06. The molecule has 3 aromatic rings. The number of aromatic nitrogens is 1. The molecular weight excluding hydrogens is 378 g/mol. The average molecular weight is 408 g/mol. The number of carbonyl (C=O) groups excluding carboxylic acids is 1. The van der Waals surface area contributed by atoms with Crippen molar-refractivity contribution >= 4 is 32.6 Å². The van der Waals surface area contributed by atoms with E-state index < -0.39 is 0 Å². The highest BCUT2D eigenvalue weighted by molar-refractivity contribution is 7.22. The van der Waals surface area contributed by atoms with Crippen LogP contribution in [-0.4, -0.2) is 42.0 Å². The Morgan fingerprint density at radius 1 is 1.03 bits per heavy atom. The molecule has 0 saturated carbocycles. The van der Waals surface area contributed by atoms with Crippen LogP contribution in [0, 0.1) is 13.8 Å². The molecular formula is C24H29N3OS. The molecule has 4 nitrogen and oxygen atoms in total. The van der Waals surface area contributed by atoms with E-state index in [-0.39, 0.29) is 5.91 Å². The SMILES string of the molecule is Cc1ccc2sc(N3CCN(C(=O)Cc4ccc(C(C)C)cc4)CC3)nc2c1C. The largest absolute Gasteiger partial charge is 0.345 e. The van der Waals surface area contributed by atoms with Crippen LogP contribution in [0.5, 0.6) is 0 Å². The minimum absolute atomic E-state index is 0.220. The molecule has 1 saturated heterocycles. The number of hydrogen-bond acceptors (Lipinski definition) is 4. The summed E-state index contributed by atoms with van der Waals surface area (Å²) in [5.41, 5.74) is 6.08. The second-order valence-corrected chi connectivity index (χ2v) is 9.30. The van der Waals surface area contributed by atoms with Crippen molar-refractivity contribution in [2.75, 3.05) is 31.1 Å². The van der Waals surface area contributed by atoms with E-state index in [0.717, 1.165) is 42.4 Å². The van der Waals surface area contributed by atoms with E-state index in [0.29, 0.717) is 12.3 Å². The van der Waals surface area contributed by atoms with Gasteiger partial charge in [0.2, 0.25) is 5.91 Å². The lowest BCUT2D eigenvalue weighted by molar-refractivity contribution is -0.130. The number of piperazine rings is 1. The highest BCUT2D eigenvalue weighted by Crippen LogP contribution is 2.32. The van der Waals surface area contributed by atoms with Gasteiger partial charge in [-0.15, -0.1) is 0 Å². The van der Waals surface area contributed by atoms with E-state index in [1.165, 1.54) is 21.4 Å². The Morgan fingerprint density at radius 3 is 2.38 bits per heavy atom. The maximum absolute atomic E-state index is 12.7. The Hall–Kier alpha value is -2.40. The van der Waals surface area contributed by atoms with Gasteiger partial charge in [-0.3, -0.25) is 4.79 Å². The molecule has 0 N–H and O–H groups in total. The summed E-state index contributed by atoms with van der Waals surface area (Å²) in [5.74, 6) is 0.737. The van der Waals surface area contributed by atoms with Crippen LogP contribution >= 0.6 is 11.3 Å². The second kappa shape index (κ2) is 8.15. The highest BCUT2D eigenvalue weighted by atomic mass is 32.1. The third kappa shape index (κ3) is 4.15. The molecule has 1 amide bonds. The van der Waals surface area contributed by atoms with Crippen molar-refractivity contribution in [2.45, 2.75) is 40.0 Å². The number of nitrogens with zero attached hydrogens (tertiary/aromatic N) is 3. The summed E-state index contributed by atoms with van der Waals surface area (Å²) in [7, 11) is 0. The summed E-state index contributed by atoms with van der Waals surface area (Å²) in [5, 5.41) is 1.07. The molecule has 0 atom stereocenters. The van der Waals surface area contributed by atoms with E-state index >= 15 is 0 Å². The maximum atomic E-state index is 12.7. The van der Waals surface area contributed by atoms with Crippen LogP contribution in [0.3, 0.4) is 0 Å². The number of carbonyl (C=O) groups is 1. The monoisotopic (exact) mass is 407 g/mol. The Labute approximate surface area is 177 Å². The first-order chi connectivity index (χ1) is 13.9. The molecule has 0 aliphatic carbocycles. The van der Waals surface area contributed by atoms with Crippen molar-refractivity contribution in [1.29, 1.82) is 0 Å². The van der Waals surface area contributed by atoms with Gasteiger partial charge < -0.3 is 9.80 Å².